The van der Waals surface area contributed by atoms with Gasteiger partial charge in [-0.1, -0.05) is 40.7 Å². The lowest BCUT2D eigenvalue weighted by Gasteiger charge is -2.26. The molecule has 11 heteroatoms. The molecule has 0 unspecified atom stereocenters. The first-order chi connectivity index (χ1) is 16.4. The van der Waals surface area contributed by atoms with E-state index < -0.39 is 11.7 Å². The van der Waals surface area contributed by atoms with Crippen molar-refractivity contribution in [2.24, 2.45) is 0 Å². The second-order valence-electron chi connectivity index (χ2n) is 8.03. The van der Waals surface area contributed by atoms with E-state index >= 15 is 0 Å². The van der Waals surface area contributed by atoms with Gasteiger partial charge in [-0.15, -0.1) is 5.10 Å². The molecule has 176 valence electrons. The van der Waals surface area contributed by atoms with Crippen LogP contribution in [-0.2, 0) is 17.2 Å². The highest BCUT2D eigenvalue weighted by Gasteiger charge is 2.27. The number of rotatable bonds is 6. The minimum Gasteiger partial charge on any atom is -0.379 e. The Kier molecular flexibility index (Phi) is 5.88. The molecule has 0 N–H and O–H groups in total. The Labute approximate surface area is 193 Å². The minimum absolute atomic E-state index is 0.0644. The van der Waals surface area contributed by atoms with Gasteiger partial charge in [0.2, 0.25) is 5.82 Å². The maximum Gasteiger partial charge on any atom is 0.280 e. The molecule has 0 bridgehead atoms. The number of morpholine rings is 1. The summed E-state index contributed by atoms with van der Waals surface area (Å²) in [5.74, 6) is -3.25. The van der Waals surface area contributed by atoms with Crippen molar-refractivity contribution >= 4 is 0 Å². The first kappa shape index (κ1) is 22.2. The third-order valence-electron chi connectivity index (χ3n) is 5.58. The predicted molar refractivity (Wildman–Crippen MR) is 116 cm³/mol. The molecule has 1 aliphatic heterocycles. The van der Waals surface area contributed by atoms with Crippen LogP contribution in [0.3, 0.4) is 0 Å². The average Bonchev–Trinajstić information content (AvgIpc) is 3.47. The number of halogens is 3. The van der Waals surface area contributed by atoms with Gasteiger partial charge < -0.3 is 9.26 Å². The molecule has 3 heterocycles. The highest BCUT2D eigenvalue weighted by molar-refractivity contribution is 5.60. The zero-order valence-electron chi connectivity index (χ0n) is 18.3. The van der Waals surface area contributed by atoms with E-state index in [4.69, 9.17) is 9.26 Å². The summed E-state index contributed by atoms with van der Waals surface area (Å²) in [7, 11) is 0. The summed E-state index contributed by atoms with van der Waals surface area (Å²) >= 11 is 0. The molecule has 0 atom stereocenters. The van der Waals surface area contributed by atoms with Crippen LogP contribution >= 0.6 is 0 Å². The summed E-state index contributed by atoms with van der Waals surface area (Å²) in [5.41, 5.74) is 1.32. The number of para-hydroxylation sites is 1. The SMILES string of the molecule is CC(F)(F)c1cccc(-c2noc(-c3nnn(-c4ccccc4F)c3CN3CCOCC3)n2)c1. The molecule has 5 rings (SSSR count). The van der Waals surface area contributed by atoms with E-state index in [1.54, 1.807) is 24.3 Å². The first-order valence-corrected chi connectivity index (χ1v) is 10.7. The Morgan fingerprint density at radius 3 is 2.62 bits per heavy atom. The van der Waals surface area contributed by atoms with Crippen LogP contribution in [-0.4, -0.2) is 56.3 Å². The van der Waals surface area contributed by atoms with Crippen molar-refractivity contribution in [2.75, 3.05) is 26.3 Å². The van der Waals surface area contributed by atoms with Crippen molar-refractivity contribution in [3.63, 3.8) is 0 Å². The molecule has 8 nitrogen and oxygen atoms in total. The molecule has 0 saturated carbocycles. The molecule has 0 spiro atoms. The van der Waals surface area contributed by atoms with E-state index in [-0.39, 0.29) is 23.0 Å². The van der Waals surface area contributed by atoms with Crippen LogP contribution in [0.4, 0.5) is 13.2 Å². The van der Waals surface area contributed by atoms with Gasteiger partial charge in [-0.2, -0.15) is 4.98 Å². The quantitative estimate of drug-likeness (QED) is 0.420. The average molecular weight is 470 g/mol. The van der Waals surface area contributed by atoms with Crippen LogP contribution in [0.1, 0.15) is 18.2 Å². The Bertz CT molecular complexity index is 1290. The minimum atomic E-state index is -3.00. The Balaban J connectivity index is 1.54. The molecule has 4 aromatic rings. The highest BCUT2D eigenvalue weighted by atomic mass is 19.3. The van der Waals surface area contributed by atoms with Crippen LogP contribution in [0.25, 0.3) is 28.7 Å². The molecule has 2 aromatic carbocycles. The third kappa shape index (κ3) is 4.44. The van der Waals surface area contributed by atoms with Gasteiger partial charge in [-0.25, -0.2) is 17.9 Å². The zero-order chi connectivity index (χ0) is 23.7. The van der Waals surface area contributed by atoms with E-state index in [1.807, 2.05) is 0 Å². The normalized spacial score (nSPS) is 15.1. The molecule has 0 radical (unpaired) electrons. The van der Waals surface area contributed by atoms with Gasteiger partial charge in [0, 0.05) is 37.7 Å². The molecule has 2 aromatic heterocycles. The number of hydrogen-bond acceptors (Lipinski definition) is 7. The van der Waals surface area contributed by atoms with Crippen LogP contribution in [0, 0.1) is 5.82 Å². The summed E-state index contributed by atoms with van der Waals surface area (Å²) < 4.78 is 54.4. The maximum absolute atomic E-state index is 14.6. The second-order valence-corrected chi connectivity index (χ2v) is 8.03. The lowest BCUT2D eigenvalue weighted by molar-refractivity contribution is 0.0175. The van der Waals surface area contributed by atoms with Crippen molar-refractivity contribution in [3.8, 4) is 28.7 Å². The lowest BCUT2D eigenvalue weighted by Crippen LogP contribution is -2.36. The summed E-state index contributed by atoms with van der Waals surface area (Å²) in [4.78, 5) is 6.51. The smallest absolute Gasteiger partial charge is 0.280 e. The van der Waals surface area contributed by atoms with Gasteiger partial charge in [0.25, 0.3) is 11.8 Å². The Morgan fingerprint density at radius 2 is 1.85 bits per heavy atom. The fourth-order valence-electron chi connectivity index (χ4n) is 3.77. The molecule has 1 saturated heterocycles. The van der Waals surface area contributed by atoms with Crippen LogP contribution in [0.5, 0.6) is 0 Å². The lowest BCUT2D eigenvalue weighted by atomic mass is 10.1. The molecule has 1 aliphatic rings. The molecular weight excluding hydrogens is 449 g/mol. The summed E-state index contributed by atoms with van der Waals surface area (Å²) in [5, 5.41) is 12.3. The van der Waals surface area contributed by atoms with Gasteiger partial charge in [-0.05, 0) is 18.2 Å². The van der Waals surface area contributed by atoms with E-state index in [0.29, 0.717) is 49.8 Å². The van der Waals surface area contributed by atoms with E-state index in [9.17, 15) is 13.2 Å². The third-order valence-corrected chi connectivity index (χ3v) is 5.58. The number of ether oxygens (including phenoxy) is 1. The molecule has 0 amide bonds. The van der Waals surface area contributed by atoms with Gasteiger partial charge in [0.1, 0.15) is 11.5 Å². The number of aromatic nitrogens is 5. The molecule has 34 heavy (non-hydrogen) atoms. The van der Waals surface area contributed by atoms with Crippen LogP contribution < -0.4 is 0 Å². The summed E-state index contributed by atoms with van der Waals surface area (Å²) in [6.07, 6.45) is 0. The number of benzene rings is 2. The van der Waals surface area contributed by atoms with Crippen molar-refractivity contribution in [2.45, 2.75) is 19.4 Å². The van der Waals surface area contributed by atoms with Gasteiger partial charge in [-0.3, -0.25) is 4.90 Å². The van der Waals surface area contributed by atoms with Gasteiger partial charge >= 0.3 is 0 Å². The van der Waals surface area contributed by atoms with Crippen molar-refractivity contribution in [3.05, 3.63) is 65.6 Å². The first-order valence-electron chi connectivity index (χ1n) is 10.7. The van der Waals surface area contributed by atoms with Crippen LogP contribution in [0.15, 0.2) is 53.1 Å². The van der Waals surface area contributed by atoms with Crippen molar-refractivity contribution < 1.29 is 22.4 Å². The zero-order valence-corrected chi connectivity index (χ0v) is 18.3. The Morgan fingerprint density at radius 1 is 1.06 bits per heavy atom. The standard InChI is InChI=1S/C23H21F3N6O2/c1-23(25,26)16-6-4-5-15(13-16)21-27-22(34-29-21)20-19(14-31-9-11-33-12-10-31)32(30-28-20)18-8-3-2-7-17(18)24/h2-8,13H,9-12,14H2,1H3. The predicted octanol–water partition coefficient (Wildman–Crippen LogP) is 4.07. The van der Waals surface area contributed by atoms with Crippen molar-refractivity contribution in [1.82, 2.24) is 30.0 Å². The fraction of sp³-hybridized carbons (Fsp3) is 0.304. The molecular formula is C23H21F3N6O2. The fourth-order valence-corrected chi connectivity index (χ4v) is 3.77. The number of hydrogen-bond donors (Lipinski definition) is 0. The number of nitrogens with zero attached hydrogens (tertiary/aromatic N) is 6. The molecule has 0 aliphatic carbocycles. The monoisotopic (exact) mass is 470 g/mol. The maximum atomic E-state index is 14.6. The molecule has 1 fully saturated rings. The number of alkyl halides is 2. The summed E-state index contributed by atoms with van der Waals surface area (Å²) in [6, 6.07) is 12.0. The van der Waals surface area contributed by atoms with E-state index in [2.05, 4.69) is 25.4 Å². The highest BCUT2D eigenvalue weighted by Crippen LogP contribution is 2.31. The van der Waals surface area contributed by atoms with Gasteiger partial charge in [0.05, 0.1) is 18.9 Å². The largest absolute Gasteiger partial charge is 0.379 e. The summed E-state index contributed by atoms with van der Waals surface area (Å²) in [6.45, 7) is 3.77. The topological polar surface area (TPSA) is 82.1 Å². The second kappa shape index (κ2) is 8.99. The van der Waals surface area contributed by atoms with E-state index in [0.717, 1.165) is 6.92 Å². The van der Waals surface area contributed by atoms with E-state index in [1.165, 1.54) is 28.9 Å². The van der Waals surface area contributed by atoms with Crippen molar-refractivity contribution in [1.29, 1.82) is 0 Å². The Hall–Kier alpha value is -3.57. The van der Waals surface area contributed by atoms with Crippen LogP contribution in [0.2, 0.25) is 0 Å². The van der Waals surface area contributed by atoms with Gasteiger partial charge in [0.15, 0.2) is 5.69 Å².